The maximum absolute atomic E-state index is 14.9. The van der Waals surface area contributed by atoms with Gasteiger partial charge in [-0.3, -0.25) is 0 Å². The van der Waals surface area contributed by atoms with Crippen molar-refractivity contribution >= 4 is 28.1 Å². The highest BCUT2D eigenvalue weighted by Gasteiger charge is 2.17. The molecule has 3 heterocycles. The van der Waals surface area contributed by atoms with Gasteiger partial charge in [0.05, 0.1) is 5.52 Å². The van der Waals surface area contributed by atoms with Crippen LogP contribution < -0.4 is 15.0 Å². The van der Waals surface area contributed by atoms with Crippen LogP contribution in [-0.4, -0.2) is 52.6 Å². The Hall–Kier alpha value is -3.72. The van der Waals surface area contributed by atoms with E-state index in [-0.39, 0.29) is 22.5 Å². The lowest BCUT2D eigenvalue weighted by atomic mass is 10.2. The van der Waals surface area contributed by atoms with Crippen LogP contribution in [0.3, 0.4) is 0 Å². The van der Waals surface area contributed by atoms with E-state index in [1.165, 1.54) is 12.0 Å². The molecule has 34 heavy (non-hydrogen) atoms. The molecule has 0 amide bonds. The third kappa shape index (κ3) is 4.51. The lowest BCUT2D eigenvalue weighted by Gasteiger charge is -2.35. The van der Waals surface area contributed by atoms with Gasteiger partial charge < -0.3 is 24.8 Å². The number of ether oxygens (including phenoxy) is 1. The second-order valence-electron chi connectivity index (χ2n) is 8.35. The largest absolute Gasteiger partial charge is 0.436 e. The monoisotopic (exact) mass is 464 g/mol. The Morgan fingerprint density at radius 1 is 1.03 bits per heavy atom. The quantitative estimate of drug-likeness (QED) is 0.408. The number of hydrogen-bond acceptors (Lipinski definition) is 6. The van der Waals surface area contributed by atoms with Crippen molar-refractivity contribution in [3.63, 3.8) is 0 Å². The number of nitrogens with one attached hydrogen (secondary N) is 2. The molecular formula is C25H26F2N6O. The molecule has 9 heteroatoms. The van der Waals surface area contributed by atoms with Gasteiger partial charge in [-0.2, -0.15) is 0 Å². The molecule has 0 saturated carbocycles. The van der Waals surface area contributed by atoms with Crippen LogP contribution in [0.4, 0.5) is 26.0 Å². The van der Waals surface area contributed by atoms with Crippen LogP contribution in [0.1, 0.15) is 12.6 Å². The molecule has 1 aliphatic heterocycles. The SMILES string of the molecule is CCN1CCN(c2ccc(Nc3cc(Oc4cc(F)c5[nH]c(C)cc5c4F)ncn3)cc2)CC1. The van der Waals surface area contributed by atoms with E-state index in [1.54, 1.807) is 19.1 Å². The van der Waals surface area contributed by atoms with Crippen LogP contribution in [0.15, 0.2) is 48.8 Å². The fraction of sp³-hybridized carbons (Fsp3) is 0.280. The second kappa shape index (κ2) is 9.26. The predicted octanol–water partition coefficient (Wildman–Crippen LogP) is 5.22. The molecule has 1 saturated heterocycles. The first-order chi connectivity index (χ1) is 16.5. The number of rotatable bonds is 6. The number of benzene rings is 2. The third-order valence-electron chi connectivity index (χ3n) is 6.08. The average molecular weight is 465 g/mol. The van der Waals surface area contributed by atoms with Gasteiger partial charge in [-0.1, -0.05) is 6.92 Å². The maximum Gasteiger partial charge on any atom is 0.224 e. The number of fused-ring (bicyclic) bond motifs is 1. The number of aromatic nitrogens is 3. The van der Waals surface area contributed by atoms with Gasteiger partial charge in [0.15, 0.2) is 17.4 Å². The van der Waals surface area contributed by atoms with Crippen LogP contribution in [0.5, 0.6) is 11.6 Å². The van der Waals surface area contributed by atoms with E-state index in [0.29, 0.717) is 11.5 Å². The zero-order chi connectivity index (χ0) is 23.7. The molecular weight excluding hydrogens is 438 g/mol. The van der Waals surface area contributed by atoms with Gasteiger partial charge in [0, 0.05) is 60.8 Å². The van der Waals surface area contributed by atoms with Crippen molar-refractivity contribution in [2.24, 2.45) is 0 Å². The minimum atomic E-state index is -0.649. The number of halogens is 2. The first-order valence-electron chi connectivity index (χ1n) is 11.3. The summed E-state index contributed by atoms with van der Waals surface area (Å²) < 4.78 is 34.8. The van der Waals surface area contributed by atoms with Gasteiger partial charge in [-0.05, 0) is 43.8 Å². The molecule has 2 aromatic carbocycles. The van der Waals surface area contributed by atoms with Crippen molar-refractivity contribution in [2.45, 2.75) is 13.8 Å². The lowest BCUT2D eigenvalue weighted by molar-refractivity contribution is 0.271. The van der Waals surface area contributed by atoms with Gasteiger partial charge >= 0.3 is 0 Å². The van der Waals surface area contributed by atoms with Crippen LogP contribution in [-0.2, 0) is 0 Å². The van der Waals surface area contributed by atoms with Crippen molar-refractivity contribution < 1.29 is 13.5 Å². The highest BCUT2D eigenvalue weighted by molar-refractivity contribution is 5.83. The van der Waals surface area contributed by atoms with Crippen LogP contribution >= 0.6 is 0 Å². The third-order valence-corrected chi connectivity index (χ3v) is 6.08. The van der Waals surface area contributed by atoms with Gasteiger partial charge in [-0.25, -0.2) is 18.7 Å². The van der Waals surface area contributed by atoms with E-state index >= 15 is 0 Å². The molecule has 5 rings (SSSR count). The average Bonchev–Trinajstić information content (AvgIpc) is 3.26. The molecule has 1 aliphatic rings. The van der Waals surface area contributed by atoms with E-state index < -0.39 is 11.6 Å². The molecule has 4 aromatic rings. The van der Waals surface area contributed by atoms with E-state index in [1.807, 2.05) is 12.1 Å². The highest BCUT2D eigenvalue weighted by atomic mass is 19.1. The van der Waals surface area contributed by atoms with E-state index in [0.717, 1.165) is 44.5 Å². The first kappa shape index (κ1) is 22.1. The van der Waals surface area contributed by atoms with E-state index in [9.17, 15) is 8.78 Å². The van der Waals surface area contributed by atoms with Crippen molar-refractivity contribution in [1.82, 2.24) is 19.9 Å². The predicted molar refractivity (Wildman–Crippen MR) is 129 cm³/mol. The fourth-order valence-corrected chi connectivity index (χ4v) is 4.21. The van der Waals surface area contributed by atoms with Crippen LogP contribution in [0.25, 0.3) is 10.9 Å². The smallest absolute Gasteiger partial charge is 0.224 e. The number of anilines is 3. The molecule has 0 spiro atoms. The van der Waals surface area contributed by atoms with Gasteiger partial charge in [0.2, 0.25) is 5.88 Å². The molecule has 0 aliphatic carbocycles. The van der Waals surface area contributed by atoms with Gasteiger partial charge in [0.1, 0.15) is 12.1 Å². The number of nitrogens with zero attached hydrogens (tertiary/aromatic N) is 4. The van der Waals surface area contributed by atoms with Crippen LogP contribution in [0.2, 0.25) is 0 Å². The topological polar surface area (TPSA) is 69.3 Å². The molecule has 1 fully saturated rings. The summed E-state index contributed by atoms with van der Waals surface area (Å²) in [5, 5.41) is 3.34. The zero-order valence-electron chi connectivity index (χ0n) is 19.1. The second-order valence-corrected chi connectivity index (χ2v) is 8.35. The number of hydrogen-bond donors (Lipinski definition) is 2. The van der Waals surface area contributed by atoms with Crippen molar-refractivity contribution in [3.05, 3.63) is 66.1 Å². The Bertz CT molecular complexity index is 1300. The Morgan fingerprint density at radius 3 is 2.53 bits per heavy atom. The minimum absolute atomic E-state index is 0.104. The van der Waals surface area contributed by atoms with Crippen molar-refractivity contribution in [2.75, 3.05) is 42.9 Å². The minimum Gasteiger partial charge on any atom is -0.436 e. The molecule has 2 N–H and O–H groups in total. The zero-order valence-corrected chi connectivity index (χ0v) is 19.1. The van der Waals surface area contributed by atoms with E-state index in [2.05, 4.69) is 49.1 Å². The summed E-state index contributed by atoms with van der Waals surface area (Å²) >= 11 is 0. The highest BCUT2D eigenvalue weighted by Crippen LogP contribution is 2.32. The Morgan fingerprint density at radius 2 is 1.79 bits per heavy atom. The number of aromatic amines is 1. The van der Waals surface area contributed by atoms with Gasteiger partial charge in [0.25, 0.3) is 0 Å². The van der Waals surface area contributed by atoms with Crippen LogP contribution in [0, 0.1) is 18.6 Å². The Labute approximate surface area is 196 Å². The van der Waals surface area contributed by atoms with Crippen molar-refractivity contribution in [3.8, 4) is 11.6 Å². The molecule has 176 valence electrons. The summed E-state index contributed by atoms with van der Waals surface area (Å²) in [5.74, 6) is -0.893. The molecule has 0 unspecified atom stereocenters. The molecule has 0 radical (unpaired) electrons. The first-order valence-corrected chi connectivity index (χ1v) is 11.3. The standard InChI is InChI=1S/C25H26F2N6O/c1-3-32-8-10-33(11-9-32)18-6-4-17(5-7-18)31-22-14-23(29-15-28-22)34-21-13-20(26)25-19(24(21)27)12-16(2)30-25/h4-7,12-15,30H,3,8-11H2,1-2H3,(H,28,29,31). The number of piperazine rings is 1. The van der Waals surface area contributed by atoms with E-state index in [4.69, 9.17) is 4.74 Å². The molecule has 2 aromatic heterocycles. The summed E-state index contributed by atoms with van der Waals surface area (Å²) in [6.45, 7) is 9.18. The Kier molecular flexibility index (Phi) is 6.02. The number of likely N-dealkylation sites (N-methyl/N-ethyl adjacent to an activating group) is 1. The molecule has 7 nitrogen and oxygen atoms in total. The van der Waals surface area contributed by atoms with Gasteiger partial charge in [-0.15, -0.1) is 0 Å². The Balaban J connectivity index is 1.29. The summed E-state index contributed by atoms with van der Waals surface area (Å²) in [4.78, 5) is 15.9. The number of H-pyrrole nitrogens is 1. The normalized spacial score (nSPS) is 14.5. The summed E-state index contributed by atoms with van der Waals surface area (Å²) in [5.41, 5.74) is 2.80. The molecule has 0 bridgehead atoms. The lowest BCUT2D eigenvalue weighted by Crippen LogP contribution is -2.46. The number of aryl methyl sites for hydroxylation is 1. The summed E-state index contributed by atoms with van der Waals surface area (Å²) in [6.07, 6.45) is 1.31. The summed E-state index contributed by atoms with van der Waals surface area (Å²) in [6, 6.07) is 12.2. The van der Waals surface area contributed by atoms with Crippen molar-refractivity contribution in [1.29, 1.82) is 0 Å². The maximum atomic E-state index is 14.9. The molecule has 0 atom stereocenters. The fourth-order valence-electron chi connectivity index (χ4n) is 4.21. The summed E-state index contributed by atoms with van der Waals surface area (Å²) in [7, 11) is 0.